The molecule has 0 saturated heterocycles. The molecule has 0 fully saturated rings. The molecule has 0 spiro atoms. The van der Waals surface area contributed by atoms with Crippen LogP contribution in [-0.2, 0) is 12.7 Å². The standard InChI is InChI=1S/C9H7F5N2O2/c10-7(11)3-1-5(8(17)18)16-6(4(3)2-15)9(12,13)14/h1,7H,2,15H2,(H,17,18). The summed E-state index contributed by atoms with van der Waals surface area (Å²) in [6, 6.07) is 0.393. The summed E-state index contributed by atoms with van der Waals surface area (Å²) in [5, 5.41) is 8.54. The first-order valence-corrected chi connectivity index (χ1v) is 4.51. The molecule has 0 atom stereocenters. The van der Waals surface area contributed by atoms with Gasteiger partial charge in [-0.25, -0.2) is 18.6 Å². The monoisotopic (exact) mass is 270 g/mol. The lowest BCUT2D eigenvalue weighted by atomic mass is 10.0. The Labute approximate surface area is 97.2 Å². The zero-order chi connectivity index (χ0) is 14.1. The van der Waals surface area contributed by atoms with Crippen LogP contribution in [0.2, 0.25) is 0 Å². The van der Waals surface area contributed by atoms with E-state index in [4.69, 9.17) is 10.8 Å². The third-order valence-corrected chi connectivity index (χ3v) is 2.09. The van der Waals surface area contributed by atoms with E-state index < -0.39 is 47.6 Å². The van der Waals surface area contributed by atoms with E-state index in [2.05, 4.69) is 4.98 Å². The number of nitrogens with two attached hydrogens (primary N) is 1. The Hall–Kier alpha value is -1.77. The van der Waals surface area contributed by atoms with Crippen molar-refractivity contribution in [2.75, 3.05) is 0 Å². The second kappa shape index (κ2) is 4.84. The van der Waals surface area contributed by atoms with Gasteiger partial charge in [-0.1, -0.05) is 0 Å². The molecule has 0 saturated carbocycles. The van der Waals surface area contributed by atoms with Gasteiger partial charge >= 0.3 is 12.1 Å². The fourth-order valence-electron chi connectivity index (χ4n) is 1.34. The largest absolute Gasteiger partial charge is 0.477 e. The summed E-state index contributed by atoms with van der Waals surface area (Å²) < 4.78 is 62.9. The molecule has 0 unspecified atom stereocenters. The van der Waals surface area contributed by atoms with Gasteiger partial charge in [0.2, 0.25) is 0 Å². The van der Waals surface area contributed by atoms with E-state index in [1.165, 1.54) is 0 Å². The smallest absolute Gasteiger partial charge is 0.433 e. The Morgan fingerprint density at radius 2 is 2.00 bits per heavy atom. The van der Waals surface area contributed by atoms with Crippen LogP contribution in [-0.4, -0.2) is 16.1 Å². The molecular weight excluding hydrogens is 263 g/mol. The Balaban J connectivity index is 3.62. The second-order valence-electron chi connectivity index (χ2n) is 3.23. The summed E-state index contributed by atoms with van der Waals surface area (Å²) in [7, 11) is 0. The van der Waals surface area contributed by atoms with Gasteiger partial charge in [0.15, 0.2) is 0 Å². The number of hydrogen-bond donors (Lipinski definition) is 2. The number of nitrogens with zero attached hydrogens (tertiary/aromatic N) is 1. The maximum absolute atomic E-state index is 12.6. The fraction of sp³-hybridized carbons (Fsp3) is 0.333. The molecule has 100 valence electrons. The molecule has 0 aliphatic heterocycles. The number of halogens is 5. The highest BCUT2D eigenvalue weighted by Crippen LogP contribution is 2.35. The molecule has 1 aromatic heterocycles. The van der Waals surface area contributed by atoms with Crippen LogP contribution in [0.1, 0.15) is 33.7 Å². The van der Waals surface area contributed by atoms with E-state index in [1.54, 1.807) is 0 Å². The minimum Gasteiger partial charge on any atom is -0.477 e. The summed E-state index contributed by atoms with van der Waals surface area (Å²) in [6.07, 6.45) is -8.32. The van der Waals surface area contributed by atoms with Crippen LogP contribution >= 0.6 is 0 Å². The molecule has 1 rings (SSSR count). The molecule has 0 aliphatic carbocycles. The topological polar surface area (TPSA) is 76.2 Å². The predicted molar refractivity (Wildman–Crippen MR) is 49.0 cm³/mol. The first-order valence-electron chi connectivity index (χ1n) is 4.51. The van der Waals surface area contributed by atoms with Crippen molar-refractivity contribution in [3.8, 4) is 0 Å². The highest BCUT2D eigenvalue weighted by molar-refractivity contribution is 5.85. The molecule has 0 amide bonds. The number of carbonyl (C=O) groups is 1. The van der Waals surface area contributed by atoms with Gasteiger partial charge in [-0.2, -0.15) is 13.2 Å². The van der Waals surface area contributed by atoms with Gasteiger partial charge in [0.05, 0.1) is 0 Å². The van der Waals surface area contributed by atoms with Gasteiger partial charge < -0.3 is 10.8 Å². The van der Waals surface area contributed by atoms with E-state index in [0.29, 0.717) is 6.07 Å². The van der Waals surface area contributed by atoms with Crippen molar-refractivity contribution in [3.05, 3.63) is 28.6 Å². The lowest BCUT2D eigenvalue weighted by molar-refractivity contribution is -0.142. The molecule has 0 aromatic carbocycles. The average molecular weight is 270 g/mol. The van der Waals surface area contributed by atoms with Gasteiger partial charge in [0, 0.05) is 17.7 Å². The summed E-state index contributed by atoms with van der Waals surface area (Å²) in [4.78, 5) is 13.4. The number of hydrogen-bond acceptors (Lipinski definition) is 3. The van der Waals surface area contributed by atoms with Crippen molar-refractivity contribution in [2.45, 2.75) is 19.1 Å². The number of pyridine rings is 1. The Morgan fingerprint density at radius 1 is 1.44 bits per heavy atom. The van der Waals surface area contributed by atoms with Crippen LogP contribution in [0.25, 0.3) is 0 Å². The molecule has 9 heteroatoms. The molecule has 1 heterocycles. The lowest BCUT2D eigenvalue weighted by Gasteiger charge is -2.15. The first-order chi connectivity index (χ1) is 8.18. The normalized spacial score (nSPS) is 11.9. The molecule has 0 aliphatic rings. The minimum absolute atomic E-state index is 0.393. The molecule has 0 bridgehead atoms. The van der Waals surface area contributed by atoms with Crippen LogP contribution in [0.5, 0.6) is 0 Å². The van der Waals surface area contributed by atoms with Crippen molar-refractivity contribution in [2.24, 2.45) is 5.73 Å². The zero-order valence-electron chi connectivity index (χ0n) is 8.63. The highest BCUT2D eigenvalue weighted by atomic mass is 19.4. The molecular formula is C9H7F5N2O2. The van der Waals surface area contributed by atoms with Crippen LogP contribution in [0.3, 0.4) is 0 Å². The van der Waals surface area contributed by atoms with Crippen LogP contribution < -0.4 is 5.73 Å². The van der Waals surface area contributed by atoms with E-state index in [-0.39, 0.29) is 0 Å². The predicted octanol–water partition coefficient (Wildman–Crippen LogP) is 2.19. The summed E-state index contributed by atoms with van der Waals surface area (Å²) in [6.45, 7) is -0.818. The number of aromatic nitrogens is 1. The Kier molecular flexibility index (Phi) is 3.85. The SMILES string of the molecule is NCc1c(C(F)F)cc(C(=O)O)nc1C(F)(F)F. The minimum atomic E-state index is -5.05. The van der Waals surface area contributed by atoms with Gasteiger partial charge in [0.25, 0.3) is 6.43 Å². The second-order valence-corrected chi connectivity index (χ2v) is 3.23. The fourth-order valence-corrected chi connectivity index (χ4v) is 1.34. The summed E-state index contributed by atoms with van der Waals surface area (Å²) in [5.74, 6) is -1.83. The maximum Gasteiger partial charge on any atom is 0.433 e. The van der Waals surface area contributed by atoms with Gasteiger partial charge in [-0.15, -0.1) is 0 Å². The first kappa shape index (κ1) is 14.3. The molecule has 4 nitrogen and oxygen atoms in total. The maximum atomic E-state index is 12.6. The van der Waals surface area contributed by atoms with E-state index in [1.807, 2.05) is 0 Å². The lowest BCUT2D eigenvalue weighted by Crippen LogP contribution is -2.19. The van der Waals surface area contributed by atoms with Gasteiger partial charge in [-0.3, -0.25) is 0 Å². The van der Waals surface area contributed by atoms with Gasteiger partial charge in [0.1, 0.15) is 11.4 Å². The molecule has 18 heavy (non-hydrogen) atoms. The van der Waals surface area contributed by atoms with Crippen LogP contribution in [0.15, 0.2) is 6.07 Å². The summed E-state index contributed by atoms with van der Waals surface area (Å²) >= 11 is 0. The number of rotatable bonds is 3. The third-order valence-electron chi connectivity index (χ3n) is 2.09. The number of aromatic carboxylic acids is 1. The van der Waals surface area contributed by atoms with Crippen LogP contribution in [0.4, 0.5) is 22.0 Å². The number of carboxylic acid groups (broad SMARTS) is 1. The molecule has 0 radical (unpaired) electrons. The third kappa shape index (κ3) is 2.73. The number of alkyl halides is 5. The Morgan fingerprint density at radius 3 is 2.33 bits per heavy atom. The van der Waals surface area contributed by atoms with Crippen molar-refractivity contribution >= 4 is 5.97 Å². The van der Waals surface area contributed by atoms with E-state index in [9.17, 15) is 26.7 Å². The molecule has 3 N–H and O–H groups in total. The quantitative estimate of drug-likeness (QED) is 0.825. The zero-order valence-corrected chi connectivity index (χ0v) is 8.63. The van der Waals surface area contributed by atoms with Crippen molar-refractivity contribution < 1.29 is 31.9 Å². The highest BCUT2D eigenvalue weighted by Gasteiger charge is 2.38. The number of carboxylic acids is 1. The van der Waals surface area contributed by atoms with Crippen molar-refractivity contribution in [3.63, 3.8) is 0 Å². The van der Waals surface area contributed by atoms with Crippen molar-refractivity contribution in [1.29, 1.82) is 0 Å². The van der Waals surface area contributed by atoms with Gasteiger partial charge in [-0.05, 0) is 6.07 Å². The molecule has 1 aromatic rings. The van der Waals surface area contributed by atoms with E-state index >= 15 is 0 Å². The van der Waals surface area contributed by atoms with E-state index in [0.717, 1.165) is 0 Å². The van der Waals surface area contributed by atoms with Crippen molar-refractivity contribution in [1.82, 2.24) is 4.98 Å². The Bertz CT molecular complexity index is 473. The summed E-state index contributed by atoms with van der Waals surface area (Å²) in [5.41, 5.74) is 0.223. The van der Waals surface area contributed by atoms with Crippen LogP contribution in [0, 0.1) is 0 Å². The average Bonchev–Trinajstić information content (AvgIpc) is 2.25.